The van der Waals surface area contributed by atoms with E-state index in [0.29, 0.717) is 41.3 Å². The van der Waals surface area contributed by atoms with Gasteiger partial charge in [-0.05, 0) is 37.4 Å². The summed E-state index contributed by atoms with van der Waals surface area (Å²) in [7, 11) is 4.71. The Bertz CT molecular complexity index is 465. The standard InChI is InChI=1S/C15H25ClN2O3/c1-9(11(7-17)8-18)5-10-6-12(16)14(20-3)15(21-4)13(10)19-2/h6,9,11H,5,7-8,17-18H2,1-4H3. The molecule has 0 radical (unpaired) electrons. The van der Waals surface area contributed by atoms with Crippen molar-refractivity contribution in [2.45, 2.75) is 13.3 Å². The molecule has 0 aliphatic carbocycles. The molecule has 0 fully saturated rings. The predicted octanol–water partition coefficient (Wildman–Crippen LogP) is 2.08. The molecule has 0 saturated heterocycles. The van der Waals surface area contributed by atoms with Crippen molar-refractivity contribution in [2.24, 2.45) is 23.3 Å². The van der Waals surface area contributed by atoms with E-state index in [1.54, 1.807) is 21.3 Å². The molecule has 0 aliphatic heterocycles. The molecule has 0 bridgehead atoms. The Hall–Kier alpha value is -1.17. The van der Waals surface area contributed by atoms with Crippen LogP contribution in [0.15, 0.2) is 6.07 Å². The van der Waals surface area contributed by atoms with Crippen LogP contribution < -0.4 is 25.7 Å². The van der Waals surface area contributed by atoms with Crippen LogP contribution in [-0.4, -0.2) is 34.4 Å². The third-order valence-corrected chi connectivity index (χ3v) is 4.07. The van der Waals surface area contributed by atoms with Gasteiger partial charge in [0.25, 0.3) is 0 Å². The number of ether oxygens (including phenoxy) is 3. The number of hydrogen-bond donors (Lipinski definition) is 2. The maximum atomic E-state index is 6.26. The molecule has 5 nitrogen and oxygen atoms in total. The van der Waals surface area contributed by atoms with Gasteiger partial charge in [0.1, 0.15) is 0 Å². The molecule has 0 aliphatic rings. The maximum Gasteiger partial charge on any atom is 0.205 e. The molecule has 0 aromatic heterocycles. The lowest BCUT2D eigenvalue weighted by atomic mass is 9.88. The summed E-state index contributed by atoms with van der Waals surface area (Å²) < 4.78 is 16.2. The van der Waals surface area contributed by atoms with Crippen molar-refractivity contribution in [1.82, 2.24) is 0 Å². The van der Waals surface area contributed by atoms with E-state index in [1.165, 1.54) is 0 Å². The third-order valence-electron chi connectivity index (χ3n) is 3.79. The second-order valence-electron chi connectivity index (χ2n) is 5.03. The zero-order valence-electron chi connectivity index (χ0n) is 13.1. The fourth-order valence-electron chi connectivity index (χ4n) is 2.47. The molecular formula is C15H25ClN2O3. The average Bonchev–Trinajstić information content (AvgIpc) is 2.47. The van der Waals surface area contributed by atoms with Gasteiger partial charge in [0, 0.05) is 5.56 Å². The summed E-state index contributed by atoms with van der Waals surface area (Å²) in [5, 5.41) is 0.495. The van der Waals surface area contributed by atoms with Gasteiger partial charge in [-0.25, -0.2) is 0 Å². The first-order valence-corrected chi connectivity index (χ1v) is 7.29. The molecule has 1 aromatic rings. The Kier molecular flexibility index (Phi) is 7.08. The lowest BCUT2D eigenvalue weighted by molar-refractivity contribution is 0.317. The van der Waals surface area contributed by atoms with Crippen LogP contribution in [0.1, 0.15) is 12.5 Å². The fraction of sp³-hybridized carbons (Fsp3) is 0.600. The zero-order valence-corrected chi connectivity index (χ0v) is 13.9. The first-order valence-electron chi connectivity index (χ1n) is 6.91. The van der Waals surface area contributed by atoms with Gasteiger partial charge in [0.05, 0.1) is 26.4 Å². The summed E-state index contributed by atoms with van der Waals surface area (Å²) >= 11 is 6.26. The SMILES string of the molecule is COc1c(Cl)cc(CC(C)C(CN)CN)c(OC)c1OC. The summed E-state index contributed by atoms with van der Waals surface area (Å²) in [6, 6.07) is 1.85. The third kappa shape index (κ3) is 3.93. The van der Waals surface area contributed by atoms with Crippen molar-refractivity contribution < 1.29 is 14.2 Å². The number of nitrogens with two attached hydrogens (primary N) is 2. The molecule has 6 heteroatoms. The quantitative estimate of drug-likeness (QED) is 0.767. The first-order chi connectivity index (χ1) is 10.0. The van der Waals surface area contributed by atoms with Gasteiger partial charge >= 0.3 is 0 Å². The van der Waals surface area contributed by atoms with Gasteiger partial charge < -0.3 is 25.7 Å². The topological polar surface area (TPSA) is 79.7 Å². The highest BCUT2D eigenvalue weighted by Crippen LogP contribution is 2.45. The van der Waals surface area contributed by atoms with Crippen molar-refractivity contribution in [3.8, 4) is 17.2 Å². The molecule has 0 saturated carbocycles. The number of hydrogen-bond acceptors (Lipinski definition) is 5. The molecule has 0 spiro atoms. The van der Waals surface area contributed by atoms with Crippen LogP contribution in [0.25, 0.3) is 0 Å². The predicted molar refractivity (Wildman–Crippen MR) is 85.6 cm³/mol. The van der Waals surface area contributed by atoms with E-state index >= 15 is 0 Å². The minimum absolute atomic E-state index is 0.251. The molecule has 1 atom stereocenters. The highest BCUT2D eigenvalue weighted by atomic mass is 35.5. The number of methoxy groups -OCH3 is 3. The molecular weight excluding hydrogens is 292 g/mol. The van der Waals surface area contributed by atoms with E-state index < -0.39 is 0 Å². The van der Waals surface area contributed by atoms with Crippen LogP contribution >= 0.6 is 11.6 Å². The fourth-order valence-corrected chi connectivity index (χ4v) is 2.76. The van der Waals surface area contributed by atoms with Crippen LogP contribution in [0.4, 0.5) is 0 Å². The summed E-state index contributed by atoms with van der Waals surface area (Å²) in [5.41, 5.74) is 12.5. The van der Waals surface area contributed by atoms with Gasteiger partial charge in [0.2, 0.25) is 5.75 Å². The van der Waals surface area contributed by atoms with Crippen LogP contribution in [0.5, 0.6) is 17.2 Å². The van der Waals surface area contributed by atoms with E-state index in [4.69, 9.17) is 37.3 Å². The molecule has 1 rings (SSSR count). The van der Waals surface area contributed by atoms with Crippen molar-refractivity contribution in [2.75, 3.05) is 34.4 Å². The van der Waals surface area contributed by atoms with Crippen molar-refractivity contribution in [1.29, 1.82) is 0 Å². The zero-order chi connectivity index (χ0) is 16.0. The normalized spacial score (nSPS) is 12.4. The molecule has 1 aromatic carbocycles. The Balaban J connectivity index is 3.21. The van der Waals surface area contributed by atoms with E-state index in [0.717, 1.165) is 12.0 Å². The average molecular weight is 317 g/mol. The highest BCUT2D eigenvalue weighted by molar-refractivity contribution is 6.32. The van der Waals surface area contributed by atoms with Gasteiger partial charge in [-0.15, -0.1) is 0 Å². The number of benzene rings is 1. The molecule has 0 amide bonds. The highest BCUT2D eigenvalue weighted by Gasteiger charge is 2.23. The van der Waals surface area contributed by atoms with Gasteiger partial charge in [0.15, 0.2) is 11.5 Å². The van der Waals surface area contributed by atoms with Crippen LogP contribution in [0.2, 0.25) is 5.02 Å². The Morgan fingerprint density at radius 1 is 1.00 bits per heavy atom. The minimum atomic E-state index is 0.251. The molecule has 120 valence electrons. The molecule has 21 heavy (non-hydrogen) atoms. The monoisotopic (exact) mass is 316 g/mol. The molecule has 4 N–H and O–H groups in total. The van der Waals surface area contributed by atoms with E-state index in [-0.39, 0.29) is 5.92 Å². The van der Waals surface area contributed by atoms with Crippen molar-refractivity contribution >= 4 is 11.6 Å². The summed E-state index contributed by atoms with van der Waals surface area (Å²) in [6.07, 6.45) is 0.752. The Labute approximate surface area is 131 Å². The van der Waals surface area contributed by atoms with Crippen molar-refractivity contribution in [3.05, 3.63) is 16.7 Å². The minimum Gasteiger partial charge on any atom is -0.492 e. The lowest BCUT2D eigenvalue weighted by Gasteiger charge is -2.23. The van der Waals surface area contributed by atoms with Gasteiger partial charge in [-0.2, -0.15) is 0 Å². The van der Waals surface area contributed by atoms with E-state index in [2.05, 4.69) is 6.92 Å². The maximum absolute atomic E-state index is 6.26. The second kappa shape index (κ2) is 8.32. The van der Waals surface area contributed by atoms with Gasteiger partial charge in [-0.1, -0.05) is 18.5 Å². The summed E-state index contributed by atoms with van der Waals surface area (Å²) in [6.45, 7) is 3.23. The number of rotatable bonds is 8. The van der Waals surface area contributed by atoms with Crippen LogP contribution in [-0.2, 0) is 6.42 Å². The van der Waals surface area contributed by atoms with Crippen LogP contribution in [0, 0.1) is 11.8 Å². The Morgan fingerprint density at radius 2 is 1.52 bits per heavy atom. The van der Waals surface area contributed by atoms with Crippen LogP contribution in [0.3, 0.4) is 0 Å². The summed E-state index contributed by atoms with van der Waals surface area (Å²) in [5.74, 6) is 2.18. The summed E-state index contributed by atoms with van der Waals surface area (Å²) in [4.78, 5) is 0. The first kappa shape index (κ1) is 17.9. The van der Waals surface area contributed by atoms with E-state index in [9.17, 15) is 0 Å². The van der Waals surface area contributed by atoms with E-state index in [1.807, 2.05) is 6.07 Å². The Morgan fingerprint density at radius 3 is 1.95 bits per heavy atom. The number of halogens is 1. The molecule has 1 unspecified atom stereocenters. The largest absolute Gasteiger partial charge is 0.492 e. The molecule has 0 heterocycles. The smallest absolute Gasteiger partial charge is 0.205 e. The van der Waals surface area contributed by atoms with Gasteiger partial charge in [-0.3, -0.25) is 0 Å². The second-order valence-corrected chi connectivity index (χ2v) is 5.44. The lowest BCUT2D eigenvalue weighted by Crippen LogP contribution is -2.30. The van der Waals surface area contributed by atoms with Crippen molar-refractivity contribution in [3.63, 3.8) is 0 Å².